The Morgan fingerprint density at radius 1 is 1.27 bits per heavy atom. The number of anilines is 1. The number of nitrogens with zero attached hydrogens (tertiary/aromatic N) is 2. The van der Waals surface area contributed by atoms with E-state index in [1.165, 1.54) is 23.4 Å². The first-order valence-electron chi connectivity index (χ1n) is 9.15. The summed E-state index contributed by atoms with van der Waals surface area (Å²) >= 11 is 0. The van der Waals surface area contributed by atoms with Crippen molar-refractivity contribution in [3.63, 3.8) is 0 Å². The average molecular weight is 348 g/mol. The Balaban J connectivity index is 2.02. The maximum Gasteiger partial charge on any atom is 0.123 e. The molecule has 3 rings (SSSR count). The fourth-order valence-corrected chi connectivity index (χ4v) is 4.17. The zero-order chi connectivity index (χ0) is 18.9. The van der Waals surface area contributed by atoms with Crippen molar-refractivity contribution >= 4 is 17.3 Å². The van der Waals surface area contributed by atoms with Gasteiger partial charge in [0.05, 0.1) is 11.6 Å². The number of allylic oxidation sites excluding steroid dienone is 1. The smallest absolute Gasteiger partial charge is 0.123 e. The summed E-state index contributed by atoms with van der Waals surface area (Å²) in [4.78, 5) is 2.46. The number of halogens is 1. The summed E-state index contributed by atoms with van der Waals surface area (Å²) in [7, 11) is 0. The highest BCUT2D eigenvalue weighted by atomic mass is 19.1. The van der Waals surface area contributed by atoms with E-state index in [1.54, 1.807) is 12.1 Å². The van der Waals surface area contributed by atoms with Crippen LogP contribution >= 0.6 is 0 Å². The first-order valence-corrected chi connectivity index (χ1v) is 9.15. The zero-order valence-corrected chi connectivity index (χ0v) is 15.9. The van der Waals surface area contributed by atoms with E-state index in [-0.39, 0.29) is 11.4 Å². The summed E-state index contributed by atoms with van der Waals surface area (Å²) in [5, 5.41) is 9.53. The van der Waals surface area contributed by atoms with E-state index in [0.717, 1.165) is 24.1 Å². The summed E-state index contributed by atoms with van der Waals surface area (Å²) in [6.45, 7) is 10.0. The molecule has 1 aliphatic heterocycles. The second-order valence-electron chi connectivity index (χ2n) is 7.66. The molecule has 0 bridgehead atoms. The molecule has 3 heteroatoms. The van der Waals surface area contributed by atoms with Gasteiger partial charge in [-0.05, 0) is 80.1 Å². The lowest BCUT2D eigenvalue weighted by molar-refractivity contribution is 0.381. The fraction of sp³-hybridized carbons (Fsp3) is 0.348. The third-order valence-electron chi connectivity index (χ3n) is 5.31. The van der Waals surface area contributed by atoms with Crippen LogP contribution in [0.4, 0.5) is 10.1 Å². The molecule has 134 valence electrons. The molecule has 0 saturated carbocycles. The predicted octanol–water partition coefficient (Wildman–Crippen LogP) is 6.00. The first kappa shape index (κ1) is 18.2. The minimum absolute atomic E-state index is 0.143. The highest BCUT2D eigenvalue weighted by molar-refractivity contribution is 5.90. The second kappa shape index (κ2) is 6.96. The van der Waals surface area contributed by atoms with Gasteiger partial charge in [0.1, 0.15) is 5.82 Å². The van der Waals surface area contributed by atoms with E-state index in [2.05, 4.69) is 56.9 Å². The van der Waals surface area contributed by atoms with Gasteiger partial charge < -0.3 is 4.90 Å². The molecule has 0 unspecified atom stereocenters. The van der Waals surface area contributed by atoms with Crippen molar-refractivity contribution in [1.29, 1.82) is 5.26 Å². The molecule has 2 aromatic carbocycles. The van der Waals surface area contributed by atoms with Crippen LogP contribution in [0, 0.1) is 17.1 Å². The monoisotopic (exact) mass is 348 g/mol. The average Bonchev–Trinajstić information content (AvgIpc) is 2.60. The number of fused-ring (bicyclic) bond motifs is 1. The van der Waals surface area contributed by atoms with Gasteiger partial charge in [0, 0.05) is 17.8 Å². The van der Waals surface area contributed by atoms with Gasteiger partial charge in [-0.1, -0.05) is 25.1 Å². The van der Waals surface area contributed by atoms with E-state index in [0.29, 0.717) is 11.5 Å². The Morgan fingerprint density at radius 3 is 2.58 bits per heavy atom. The van der Waals surface area contributed by atoms with Crippen LogP contribution in [0.2, 0.25) is 0 Å². The highest BCUT2D eigenvalue weighted by Gasteiger charge is 2.35. The summed E-state index contributed by atoms with van der Waals surface area (Å²) in [5.74, 6) is 0.170. The van der Waals surface area contributed by atoms with E-state index >= 15 is 0 Å². The topological polar surface area (TPSA) is 27.0 Å². The van der Waals surface area contributed by atoms with Crippen LogP contribution < -0.4 is 4.90 Å². The van der Waals surface area contributed by atoms with E-state index in [4.69, 9.17) is 0 Å². The van der Waals surface area contributed by atoms with Crippen molar-refractivity contribution in [2.24, 2.45) is 0 Å². The van der Waals surface area contributed by atoms with Crippen molar-refractivity contribution in [1.82, 2.24) is 0 Å². The maximum absolute atomic E-state index is 13.1. The van der Waals surface area contributed by atoms with E-state index < -0.39 is 0 Å². The van der Waals surface area contributed by atoms with E-state index in [1.807, 2.05) is 6.08 Å². The molecule has 1 heterocycles. The van der Waals surface area contributed by atoms with Crippen LogP contribution in [0.1, 0.15) is 56.7 Å². The van der Waals surface area contributed by atoms with Crippen LogP contribution in [-0.2, 0) is 0 Å². The number of nitriles is 1. The largest absolute Gasteiger partial charge is 0.366 e. The first-order chi connectivity index (χ1) is 12.4. The Kier molecular flexibility index (Phi) is 4.87. The lowest BCUT2D eigenvalue weighted by atomic mass is 9.79. The van der Waals surface area contributed by atoms with Crippen molar-refractivity contribution in [3.8, 4) is 6.07 Å². The van der Waals surface area contributed by atoms with Gasteiger partial charge in [0.15, 0.2) is 0 Å². The minimum Gasteiger partial charge on any atom is -0.366 e. The van der Waals surface area contributed by atoms with Gasteiger partial charge >= 0.3 is 0 Å². The van der Waals surface area contributed by atoms with Crippen LogP contribution in [0.5, 0.6) is 0 Å². The van der Waals surface area contributed by atoms with Crippen molar-refractivity contribution in [2.45, 2.75) is 45.6 Å². The predicted molar refractivity (Wildman–Crippen MR) is 106 cm³/mol. The minimum atomic E-state index is -0.295. The molecule has 0 saturated heterocycles. The van der Waals surface area contributed by atoms with Crippen LogP contribution in [0.15, 0.2) is 42.5 Å². The molecule has 0 amide bonds. The van der Waals surface area contributed by atoms with Gasteiger partial charge in [0.2, 0.25) is 0 Å². The Bertz CT molecular complexity index is 872. The van der Waals surface area contributed by atoms with Gasteiger partial charge in [0.25, 0.3) is 0 Å². The van der Waals surface area contributed by atoms with Gasteiger partial charge in [-0.15, -0.1) is 0 Å². The highest BCUT2D eigenvalue weighted by Crippen LogP contribution is 2.43. The lowest BCUT2D eigenvalue weighted by Crippen LogP contribution is -2.48. The number of hydrogen-bond acceptors (Lipinski definition) is 2. The van der Waals surface area contributed by atoms with Crippen LogP contribution in [-0.4, -0.2) is 12.1 Å². The molecular formula is C23H25FN2. The Hall–Kier alpha value is -2.60. The maximum atomic E-state index is 13.1. The molecule has 0 aliphatic carbocycles. The summed E-state index contributed by atoms with van der Waals surface area (Å²) in [6, 6.07) is 14.7. The fourth-order valence-electron chi connectivity index (χ4n) is 4.17. The number of rotatable bonds is 3. The van der Waals surface area contributed by atoms with Crippen molar-refractivity contribution in [2.75, 3.05) is 11.4 Å². The molecule has 26 heavy (non-hydrogen) atoms. The third-order valence-corrected chi connectivity index (χ3v) is 5.31. The zero-order valence-electron chi connectivity index (χ0n) is 15.9. The molecule has 2 nitrogen and oxygen atoms in total. The third kappa shape index (κ3) is 3.37. The van der Waals surface area contributed by atoms with E-state index in [9.17, 15) is 9.65 Å². The molecule has 2 aromatic rings. The molecule has 0 radical (unpaired) electrons. The van der Waals surface area contributed by atoms with Crippen LogP contribution in [0.3, 0.4) is 0 Å². The summed E-state index contributed by atoms with van der Waals surface area (Å²) in [5.41, 5.74) is 5.04. The molecule has 1 aliphatic rings. The Morgan fingerprint density at radius 2 is 1.96 bits per heavy atom. The Labute approximate surface area is 155 Å². The molecule has 0 spiro atoms. The number of hydrogen-bond donors (Lipinski definition) is 0. The molecule has 0 N–H and O–H groups in total. The molecular weight excluding hydrogens is 323 g/mol. The van der Waals surface area contributed by atoms with Gasteiger partial charge in [-0.25, -0.2) is 4.39 Å². The van der Waals surface area contributed by atoms with Gasteiger partial charge in [-0.3, -0.25) is 0 Å². The van der Waals surface area contributed by atoms with Gasteiger partial charge in [-0.2, -0.15) is 5.26 Å². The normalized spacial score (nSPS) is 19.0. The number of benzene rings is 2. The molecule has 1 atom stereocenters. The SMILES string of the molecule is CCN1c2ccc(/C=C(/C#N)c3ccc(F)cc3)cc2[C@H](C)CC1(C)C. The summed E-state index contributed by atoms with van der Waals surface area (Å²) in [6.07, 6.45) is 2.99. The van der Waals surface area contributed by atoms with Crippen molar-refractivity contribution in [3.05, 3.63) is 65.0 Å². The quantitative estimate of drug-likeness (QED) is 0.502. The summed E-state index contributed by atoms with van der Waals surface area (Å²) < 4.78 is 13.1. The second-order valence-corrected chi connectivity index (χ2v) is 7.66. The van der Waals surface area contributed by atoms with Crippen LogP contribution in [0.25, 0.3) is 11.6 Å². The molecule has 0 fully saturated rings. The standard InChI is InChI=1S/C23H25FN2/c1-5-26-22-11-6-17(13-21(22)16(2)14-23(26,3)4)12-19(15-25)18-7-9-20(24)10-8-18/h6-13,16H,5,14H2,1-4H3/b19-12-/t16-/m1/s1. The van der Waals surface area contributed by atoms with Crippen molar-refractivity contribution < 1.29 is 4.39 Å². The lowest BCUT2D eigenvalue weighted by Gasteiger charge is -2.47. The molecule has 0 aromatic heterocycles.